The molecule has 0 aliphatic rings. The third kappa shape index (κ3) is 4.83. The number of hydrogen-bond acceptors (Lipinski definition) is 9. The lowest BCUT2D eigenvalue weighted by Crippen LogP contribution is -2.16. The average molecular weight is 475 g/mol. The third-order valence-electron chi connectivity index (χ3n) is 4.58. The third-order valence-corrected chi connectivity index (χ3v) is 6.70. The van der Waals surface area contributed by atoms with Crippen molar-refractivity contribution in [2.24, 2.45) is 0 Å². The van der Waals surface area contributed by atoms with E-state index in [0.29, 0.717) is 16.5 Å². The summed E-state index contributed by atoms with van der Waals surface area (Å²) in [6, 6.07) is 7.90. The molecule has 11 heteroatoms. The topological polar surface area (TPSA) is 112 Å². The van der Waals surface area contributed by atoms with Crippen molar-refractivity contribution in [2.75, 3.05) is 25.3 Å². The summed E-state index contributed by atoms with van der Waals surface area (Å²) in [7, 11) is 2.49. The Morgan fingerprint density at radius 3 is 2.31 bits per heavy atom. The van der Waals surface area contributed by atoms with Crippen LogP contribution in [-0.2, 0) is 14.3 Å². The van der Waals surface area contributed by atoms with Crippen LogP contribution in [0.25, 0.3) is 5.69 Å². The number of amides is 1. The van der Waals surface area contributed by atoms with Crippen LogP contribution in [0.5, 0.6) is 0 Å². The zero-order valence-electron chi connectivity index (χ0n) is 18.2. The molecule has 0 aliphatic carbocycles. The number of thioether (sulfide) groups is 1. The van der Waals surface area contributed by atoms with Gasteiger partial charge in [-0.25, -0.2) is 9.59 Å². The number of thiophene rings is 1. The molecule has 3 aromatic rings. The Labute approximate surface area is 193 Å². The lowest BCUT2D eigenvalue weighted by atomic mass is 10.1. The maximum Gasteiger partial charge on any atom is 0.348 e. The van der Waals surface area contributed by atoms with Crippen LogP contribution in [0.15, 0.2) is 29.4 Å². The van der Waals surface area contributed by atoms with Gasteiger partial charge in [0.25, 0.3) is 0 Å². The standard InChI is InChI=1S/C21H22N4O5S2/c1-11-6-8-14(9-7-11)25-13(3)23-24-21(25)31-10-15(26)22-18-16(19(27)29-4)12(2)17(32-18)20(28)30-5/h6-9H,10H2,1-5H3,(H,22,26). The number of aryl methyl sites for hydroxylation is 2. The molecule has 0 atom stereocenters. The molecule has 3 rings (SSSR count). The Balaban J connectivity index is 1.78. The summed E-state index contributed by atoms with van der Waals surface area (Å²) in [6.45, 7) is 5.44. The number of nitrogens with zero attached hydrogens (tertiary/aromatic N) is 3. The fraction of sp³-hybridized carbons (Fsp3) is 0.286. The summed E-state index contributed by atoms with van der Waals surface area (Å²) in [6.07, 6.45) is 0. The van der Waals surface area contributed by atoms with Gasteiger partial charge >= 0.3 is 11.9 Å². The zero-order chi connectivity index (χ0) is 23.4. The van der Waals surface area contributed by atoms with Crippen LogP contribution in [0.2, 0.25) is 0 Å². The maximum atomic E-state index is 12.7. The molecule has 0 saturated carbocycles. The normalized spacial score (nSPS) is 10.7. The van der Waals surface area contributed by atoms with Crippen molar-refractivity contribution in [1.82, 2.24) is 14.8 Å². The van der Waals surface area contributed by atoms with E-state index in [4.69, 9.17) is 9.47 Å². The van der Waals surface area contributed by atoms with Crippen molar-refractivity contribution in [3.8, 4) is 5.69 Å². The molecule has 168 valence electrons. The minimum atomic E-state index is -0.647. The molecule has 1 aromatic carbocycles. The maximum absolute atomic E-state index is 12.7. The molecule has 0 radical (unpaired) electrons. The Morgan fingerprint density at radius 1 is 1.03 bits per heavy atom. The van der Waals surface area contributed by atoms with Crippen molar-refractivity contribution in [1.29, 1.82) is 0 Å². The second-order valence-corrected chi connectivity index (χ2v) is 8.74. The summed E-state index contributed by atoms with van der Waals surface area (Å²) in [5, 5.41) is 11.8. The molecule has 9 nitrogen and oxygen atoms in total. The lowest BCUT2D eigenvalue weighted by Gasteiger charge is -2.09. The predicted octanol–water partition coefficient (Wildman–Crippen LogP) is 3.56. The van der Waals surface area contributed by atoms with Gasteiger partial charge in [0.1, 0.15) is 15.7 Å². The number of carbonyl (C=O) groups excluding carboxylic acids is 3. The lowest BCUT2D eigenvalue weighted by molar-refractivity contribution is -0.113. The molecule has 0 unspecified atom stereocenters. The number of rotatable bonds is 7. The van der Waals surface area contributed by atoms with Crippen molar-refractivity contribution >= 4 is 45.9 Å². The number of hydrogen-bond donors (Lipinski definition) is 1. The molecular weight excluding hydrogens is 452 g/mol. The Hall–Kier alpha value is -3.18. The van der Waals surface area contributed by atoms with E-state index in [1.807, 2.05) is 42.7 Å². The quantitative estimate of drug-likeness (QED) is 0.409. The first-order valence-electron chi connectivity index (χ1n) is 9.48. The zero-order valence-corrected chi connectivity index (χ0v) is 19.8. The fourth-order valence-corrected chi connectivity index (χ4v) is 4.88. The minimum absolute atomic E-state index is 0.0229. The van der Waals surface area contributed by atoms with Crippen LogP contribution in [0.4, 0.5) is 5.00 Å². The number of anilines is 1. The summed E-state index contributed by atoms with van der Waals surface area (Å²) in [5.74, 6) is -0.883. The van der Waals surface area contributed by atoms with E-state index in [2.05, 4.69) is 15.5 Å². The fourth-order valence-electron chi connectivity index (χ4n) is 2.96. The van der Waals surface area contributed by atoms with Gasteiger partial charge in [-0.15, -0.1) is 21.5 Å². The molecule has 0 spiro atoms. The molecular formula is C21H22N4O5S2. The highest BCUT2D eigenvalue weighted by Crippen LogP contribution is 2.34. The van der Waals surface area contributed by atoms with E-state index in [1.54, 1.807) is 6.92 Å². The van der Waals surface area contributed by atoms with Crippen LogP contribution in [-0.4, -0.2) is 52.6 Å². The van der Waals surface area contributed by atoms with Gasteiger partial charge < -0.3 is 14.8 Å². The van der Waals surface area contributed by atoms with Gasteiger partial charge in [-0.3, -0.25) is 9.36 Å². The summed E-state index contributed by atoms with van der Waals surface area (Å²) in [4.78, 5) is 37.1. The van der Waals surface area contributed by atoms with Gasteiger partial charge in [0.15, 0.2) is 5.16 Å². The first-order valence-corrected chi connectivity index (χ1v) is 11.3. The highest BCUT2D eigenvalue weighted by molar-refractivity contribution is 7.99. The Kier molecular flexibility index (Phi) is 7.31. The number of ether oxygens (including phenoxy) is 2. The average Bonchev–Trinajstić information content (AvgIpc) is 3.31. The van der Waals surface area contributed by atoms with E-state index in [-0.39, 0.29) is 27.1 Å². The number of methoxy groups -OCH3 is 2. The molecule has 1 N–H and O–H groups in total. The van der Waals surface area contributed by atoms with Gasteiger partial charge in [-0.05, 0) is 38.5 Å². The number of nitrogens with one attached hydrogen (secondary N) is 1. The molecule has 0 fully saturated rings. The predicted molar refractivity (Wildman–Crippen MR) is 122 cm³/mol. The summed E-state index contributed by atoms with van der Waals surface area (Å²) in [5.41, 5.74) is 2.55. The molecule has 1 amide bonds. The summed E-state index contributed by atoms with van der Waals surface area (Å²) >= 11 is 2.18. The second-order valence-electron chi connectivity index (χ2n) is 6.78. The first-order chi connectivity index (χ1) is 15.3. The van der Waals surface area contributed by atoms with E-state index < -0.39 is 11.9 Å². The molecule has 0 aliphatic heterocycles. The van der Waals surface area contributed by atoms with Crippen LogP contribution in [0, 0.1) is 20.8 Å². The van der Waals surface area contributed by atoms with Crippen LogP contribution >= 0.6 is 23.1 Å². The van der Waals surface area contributed by atoms with Crippen molar-refractivity contribution < 1.29 is 23.9 Å². The van der Waals surface area contributed by atoms with Gasteiger partial charge in [-0.2, -0.15) is 0 Å². The SMILES string of the molecule is COC(=O)c1sc(NC(=O)CSc2nnc(C)n2-c2ccc(C)cc2)c(C(=O)OC)c1C. The van der Waals surface area contributed by atoms with Gasteiger partial charge in [0.2, 0.25) is 5.91 Å². The highest BCUT2D eigenvalue weighted by atomic mass is 32.2. The van der Waals surface area contributed by atoms with E-state index >= 15 is 0 Å². The number of esters is 2. The molecule has 2 aromatic heterocycles. The molecule has 32 heavy (non-hydrogen) atoms. The highest BCUT2D eigenvalue weighted by Gasteiger charge is 2.27. The minimum Gasteiger partial charge on any atom is -0.465 e. The van der Waals surface area contributed by atoms with Crippen molar-refractivity contribution in [3.05, 3.63) is 51.7 Å². The van der Waals surface area contributed by atoms with E-state index in [1.165, 1.54) is 26.0 Å². The van der Waals surface area contributed by atoms with Crippen molar-refractivity contribution in [3.63, 3.8) is 0 Å². The number of carbonyl (C=O) groups is 3. The van der Waals surface area contributed by atoms with Gasteiger partial charge in [0.05, 0.1) is 25.5 Å². The van der Waals surface area contributed by atoms with Crippen LogP contribution < -0.4 is 5.32 Å². The van der Waals surface area contributed by atoms with Gasteiger partial charge in [0, 0.05) is 5.69 Å². The van der Waals surface area contributed by atoms with Crippen LogP contribution in [0.1, 0.15) is 37.0 Å². The molecule has 0 bridgehead atoms. The molecule has 2 heterocycles. The first kappa shape index (κ1) is 23.5. The largest absolute Gasteiger partial charge is 0.465 e. The van der Waals surface area contributed by atoms with E-state index in [0.717, 1.165) is 22.6 Å². The Bertz CT molecular complexity index is 1170. The van der Waals surface area contributed by atoms with Crippen LogP contribution in [0.3, 0.4) is 0 Å². The molecule has 0 saturated heterocycles. The summed E-state index contributed by atoms with van der Waals surface area (Å²) < 4.78 is 11.4. The van der Waals surface area contributed by atoms with Gasteiger partial charge in [-0.1, -0.05) is 29.5 Å². The number of aromatic nitrogens is 3. The van der Waals surface area contributed by atoms with E-state index in [9.17, 15) is 14.4 Å². The second kappa shape index (κ2) is 9.96. The monoisotopic (exact) mass is 474 g/mol. The van der Waals surface area contributed by atoms with Crippen molar-refractivity contribution in [2.45, 2.75) is 25.9 Å². The smallest absolute Gasteiger partial charge is 0.348 e. The Morgan fingerprint density at radius 2 is 1.69 bits per heavy atom. The number of benzene rings is 1.